The van der Waals surface area contributed by atoms with Crippen molar-refractivity contribution < 1.29 is 19.1 Å². The number of amides is 1. The molecule has 1 spiro atoms. The zero-order valence-electron chi connectivity index (χ0n) is 18.0. The summed E-state index contributed by atoms with van der Waals surface area (Å²) in [5.41, 5.74) is 1.79. The molecule has 5 rings (SSSR count). The number of hydrogen-bond acceptors (Lipinski definition) is 4. The SMILES string of the molecule is COc1ccc2c(c1)C(=O)CC1(CCN(C(=O)C(c3ccccc3)c3ccccc3)C1)O2. The maximum absolute atomic E-state index is 13.8. The van der Waals surface area contributed by atoms with Crippen molar-refractivity contribution >= 4 is 11.7 Å². The second-order valence-corrected chi connectivity index (χ2v) is 8.51. The average molecular weight is 428 g/mol. The maximum atomic E-state index is 13.8. The van der Waals surface area contributed by atoms with Gasteiger partial charge >= 0.3 is 0 Å². The number of likely N-dealkylation sites (tertiary alicyclic amines) is 1. The normalized spacial score (nSPS) is 19.7. The molecule has 0 saturated carbocycles. The molecule has 5 nitrogen and oxygen atoms in total. The third-order valence-corrected chi connectivity index (χ3v) is 6.44. The molecule has 0 bridgehead atoms. The predicted octanol–water partition coefficient (Wildman–Crippen LogP) is 4.46. The summed E-state index contributed by atoms with van der Waals surface area (Å²) in [6.45, 7) is 0.965. The van der Waals surface area contributed by atoms with Crippen LogP contribution in [-0.2, 0) is 4.79 Å². The number of carbonyl (C=O) groups is 2. The van der Waals surface area contributed by atoms with Crippen LogP contribution in [0, 0.1) is 0 Å². The number of carbonyl (C=O) groups excluding carboxylic acids is 2. The molecule has 1 fully saturated rings. The van der Waals surface area contributed by atoms with Gasteiger partial charge in [0.25, 0.3) is 0 Å². The lowest BCUT2D eigenvalue weighted by atomic mass is 9.88. The van der Waals surface area contributed by atoms with Crippen LogP contribution in [0.3, 0.4) is 0 Å². The van der Waals surface area contributed by atoms with Gasteiger partial charge in [-0.1, -0.05) is 60.7 Å². The Hall–Kier alpha value is -3.60. The Balaban J connectivity index is 1.41. The molecule has 2 aliphatic rings. The molecule has 1 amide bonds. The van der Waals surface area contributed by atoms with Gasteiger partial charge in [0.15, 0.2) is 5.78 Å². The number of hydrogen-bond donors (Lipinski definition) is 0. The zero-order chi connectivity index (χ0) is 22.1. The van der Waals surface area contributed by atoms with Crippen molar-refractivity contribution in [1.82, 2.24) is 4.90 Å². The fourth-order valence-corrected chi connectivity index (χ4v) is 4.81. The van der Waals surface area contributed by atoms with E-state index in [1.54, 1.807) is 25.3 Å². The monoisotopic (exact) mass is 427 g/mol. The molecule has 3 aromatic rings. The van der Waals surface area contributed by atoms with Crippen molar-refractivity contribution in [2.45, 2.75) is 24.4 Å². The second-order valence-electron chi connectivity index (χ2n) is 8.51. The van der Waals surface area contributed by atoms with E-state index in [1.807, 2.05) is 65.6 Å². The third kappa shape index (κ3) is 3.64. The van der Waals surface area contributed by atoms with E-state index >= 15 is 0 Å². The van der Waals surface area contributed by atoms with Crippen molar-refractivity contribution in [2.24, 2.45) is 0 Å². The second kappa shape index (κ2) is 8.15. The quantitative estimate of drug-likeness (QED) is 0.617. The topological polar surface area (TPSA) is 55.8 Å². The Morgan fingerprint density at radius 1 is 1.00 bits per heavy atom. The smallest absolute Gasteiger partial charge is 0.234 e. The lowest BCUT2D eigenvalue weighted by Gasteiger charge is -2.35. The van der Waals surface area contributed by atoms with Crippen LogP contribution in [-0.4, -0.2) is 42.4 Å². The van der Waals surface area contributed by atoms with Crippen molar-refractivity contribution in [2.75, 3.05) is 20.2 Å². The van der Waals surface area contributed by atoms with Gasteiger partial charge in [-0.15, -0.1) is 0 Å². The number of nitrogens with zero attached hydrogens (tertiary/aromatic N) is 1. The predicted molar refractivity (Wildman–Crippen MR) is 121 cm³/mol. The molecule has 32 heavy (non-hydrogen) atoms. The summed E-state index contributed by atoms with van der Waals surface area (Å²) >= 11 is 0. The minimum Gasteiger partial charge on any atom is -0.497 e. The van der Waals surface area contributed by atoms with Crippen LogP contribution in [0.1, 0.15) is 40.2 Å². The Bertz CT molecular complexity index is 1110. The fourth-order valence-electron chi connectivity index (χ4n) is 4.81. The first kappa shape index (κ1) is 20.3. The Labute approximate surface area is 187 Å². The fraction of sp³-hybridized carbons (Fsp3) is 0.259. The number of rotatable bonds is 4. The highest BCUT2D eigenvalue weighted by molar-refractivity contribution is 6.01. The molecule has 162 valence electrons. The molecule has 0 radical (unpaired) electrons. The van der Waals surface area contributed by atoms with Crippen LogP contribution in [0.5, 0.6) is 11.5 Å². The molecule has 0 N–H and O–H groups in total. The lowest BCUT2D eigenvalue weighted by molar-refractivity contribution is -0.131. The van der Waals surface area contributed by atoms with Gasteiger partial charge in [-0.2, -0.15) is 0 Å². The van der Waals surface area contributed by atoms with Crippen LogP contribution in [0.15, 0.2) is 78.9 Å². The molecule has 1 atom stereocenters. The first-order chi connectivity index (χ1) is 15.6. The number of Topliss-reactive ketones (excluding diaryl/α,β-unsaturated/α-hetero) is 1. The molecule has 1 unspecified atom stereocenters. The number of benzene rings is 3. The number of ether oxygens (including phenoxy) is 2. The van der Waals surface area contributed by atoms with E-state index in [1.165, 1.54) is 0 Å². The van der Waals surface area contributed by atoms with E-state index < -0.39 is 5.60 Å². The summed E-state index contributed by atoms with van der Waals surface area (Å²) < 4.78 is 11.6. The first-order valence-electron chi connectivity index (χ1n) is 10.9. The van der Waals surface area contributed by atoms with Crippen molar-refractivity contribution in [3.63, 3.8) is 0 Å². The number of fused-ring (bicyclic) bond motifs is 1. The lowest BCUT2D eigenvalue weighted by Crippen LogP contribution is -2.46. The summed E-state index contributed by atoms with van der Waals surface area (Å²) in [4.78, 5) is 28.5. The number of ketones is 1. The molecule has 2 aliphatic heterocycles. The van der Waals surface area contributed by atoms with E-state index in [0.717, 1.165) is 11.1 Å². The molecule has 1 saturated heterocycles. The zero-order valence-corrected chi connectivity index (χ0v) is 18.0. The van der Waals surface area contributed by atoms with Gasteiger partial charge in [-0.05, 0) is 29.3 Å². The van der Waals surface area contributed by atoms with Gasteiger partial charge in [-0.3, -0.25) is 9.59 Å². The van der Waals surface area contributed by atoms with Crippen LogP contribution in [0.2, 0.25) is 0 Å². The summed E-state index contributed by atoms with van der Waals surface area (Å²) in [5.74, 6) is 0.883. The molecular formula is C27H25NO4. The van der Waals surface area contributed by atoms with Gasteiger partial charge < -0.3 is 14.4 Å². The minimum absolute atomic E-state index is 0.0297. The van der Waals surface area contributed by atoms with Gasteiger partial charge in [-0.25, -0.2) is 0 Å². The molecule has 2 heterocycles. The minimum atomic E-state index is -0.674. The molecule has 0 aliphatic carbocycles. The summed E-state index contributed by atoms with van der Waals surface area (Å²) in [6.07, 6.45) is 0.893. The van der Waals surface area contributed by atoms with Crippen LogP contribution >= 0.6 is 0 Å². The molecule has 0 aromatic heterocycles. The molecular weight excluding hydrogens is 402 g/mol. The number of methoxy groups -OCH3 is 1. The third-order valence-electron chi connectivity index (χ3n) is 6.44. The molecule has 5 heteroatoms. The van der Waals surface area contributed by atoms with E-state index in [-0.39, 0.29) is 24.0 Å². The molecule has 3 aromatic carbocycles. The summed E-state index contributed by atoms with van der Waals surface area (Å²) in [7, 11) is 1.58. The Morgan fingerprint density at radius 3 is 2.28 bits per heavy atom. The Morgan fingerprint density at radius 2 is 1.66 bits per heavy atom. The van der Waals surface area contributed by atoms with Gasteiger partial charge in [0.2, 0.25) is 5.91 Å². The highest BCUT2D eigenvalue weighted by atomic mass is 16.5. The Kier molecular flexibility index (Phi) is 5.17. The first-order valence-corrected chi connectivity index (χ1v) is 10.9. The van der Waals surface area contributed by atoms with Crippen LogP contribution in [0.4, 0.5) is 0 Å². The van der Waals surface area contributed by atoms with E-state index in [0.29, 0.717) is 36.6 Å². The van der Waals surface area contributed by atoms with Crippen molar-refractivity contribution in [3.05, 3.63) is 95.6 Å². The van der Waals surface area contributed by atoms with E-state index in [9.17, 15) is 9.59 Å². The van der Waals surface area contributed by atoms with Gasteiger partial charge in [0.05, 0.1) is 31.6 Å². The van der Waals surface area contributed by atoms with Crippen molar-refractivity contribution in [3.8, 4) is 11.5 Å². The standard InChI is InChI=1S/C27H25NO4/c1-31-21-12-13-24-22(16-21)23(29)17-27(32-24)14-15-28(18-27)26(30)25(19-8-4-2-5-9-19)20-10-6-3-7-11-20/h2-13,16,25H,14-15,17-18H2,1H3. The van der Waals surface area contributed by atoms with Crippen LogP contribution < -0.4 is 9.47 Å². The summed E-state index contributed by atoms with van der Waals surface area (Å²) in [6, 6.07) is 25.0. The largest absolute Gasteiger partial charge is 0.497 e. The maximum Gasteiger partial charge on any atom is 0.234 e. The van der Waals surface area contributed by atoms with Crippen molar-refractivity contribution in [1.29, 1.82) is 0 Å². The van der Waals surface area contributed by atoms with Crippen LogP contribution in [0.25, 0.3) is 0 Å². The van der Waals surface area contributed by atoms with Gasteiger partial charge in [0.1, 0.15) is 17.1 Å². The van der Waals surface area contributed by atoms with E-state index in [2.05, 4.69) is 0 Å². The summed E-state index contributed by atoms with van der Waals surface area (Å²) in [5, 5.41) is 0. The average Bonchev–Trinajstić information content (AvgIpc) is 3.23. The van der Waals surface area contributed by atoms with E-state index in [4.69, 9.17) is 9.47 Å². The van der Waals surface area contributed by atoms with Gasteiger partial charge in [0, 0.05) is 13.0 Å². The highest BCUT2D eigenvalue weighted by Gasteiger charge is 2.48. The highest BCUT2D eigenvalue weighted by Crippen LogP contribution is 2.41.